The average molecular weight is 596 g/mol. The van der Waals surface area contributed by atoms with Gasteiger partial charge in [-0.3, -0.25) is 9.48 Å². The van der Waals surface area contributed by atoms with Gasteiger partial charge < -0.3 is 9.64 Å². The summed E-state index contributed by atoms with van der Waals surface area (Å²) in [5.41, 5.74) is -2.46. The smallest absolute Gasteiger partial charge is 0.397 e. The van der Waals surface area contributed by atoms with Crippen LogP contribution in [-0.4, -0.2) is 63.7 Å². The number of hydrogen-bond donors (Lipinski definition) is 1. The van der Waals surface area contributed by atoms with Gasteiger partial charge in [-0.05, 0) is 53.2 Å². The molecule has 0 unspecified atom stereocenters. The Morgan fingerprint density at radius 1 is 1.12 bits per heavy atom. The number of carbonyl (C=O) groups is 1. The van der Waals surface area contributed by atoms with Gasteiger partial charge in [0.2, 0.25) is 5.88 Å². The summed E-state index contributed by atoms with van der Waals surface area (Å²) >= 11 is 0. The molecule has 222 valence electrons. The van der Waals surface area contributed by atoms with Crippen LogP contribution >= 0.6 is 0 Å². The lowest BCUT2D eigenvalue weighted by atomic mass is 9.80. The number of carbonyl (C=O) groups excluding carboxylic acids is 1. The van der Waals surface area contributed by atoms with Crippen molar-refractivity contribution in [3.05, 3.63) is 41.3 Å². The summed E-state index contributed by atoms with van der Waals surface area (Å²) in [5, 5.41) is 8.61. The second-order valence-electron chi connectivity index (χ2n) is 12.3. The van der Waals surface area contributed by atoms with E-state index in [4.69, 9.17) is 9.72 Å². The quantitative estimate of drug-likeness (QED) is 0.485. The van der Waals surface area contributed by atoms with Crippen molar-refractivity contribution in [2.75, 3.05) is 18.1 Å². The fraction of sp³-hybridized carbons (Fsp3) is 0.538. The van der Waals surface area contributed by atoms with Crippen molar-refractivity contribution in [1.82, 2.24) is 29.3 Å². The molecule has 2 bridgehead atoms. The van der Waals surface area contributed by atoms with Crippen molar-refractivity contribution in [3.8, 4) is 11.7 Å². The molecule has 15 heteroatoms. The first-order chi connectivity index (χ1) is 18.8. The van der Waals surface area contributed by atoms with Crippen LogP contribution in [0.2, 0.25) is 0 Å². The molecule has 3 aromatic rings. The van der Waals surface area contributed by atoms with Gasteiger partial charge in [0, 0.05) is 36.8 Å². The van der Waals surface area contributed by atoms with Crippen molar-refractivity contribution in [2.24, 2.45) is 12.5 Å². The summed E-state index contributed by atoms with van der Waals surface area (Å²) in [4.78, 5) is 20.1. The molecule has 1 amide bonds. The molecule has 1 saturated heterocycles. The number of hydrogen-bond acceptors (Lipinski definition) is 8. The Balaban J connectivity index is 1.58. The van der Waals surface area contributed by atoms with Crippen molar-refractivity contribution < 1.29 is 31.1 Å². The van der Waals surface area contributed by atoms with Crippen LogP contribution in [-0.2, 0) is 22.5 Å². The Morgan fingerprint density at radius 3 is 2.46 bits per heavy atom. The molecule has 3 aromatic heterocycles. The third kappa shape index (κ3) is 4.73. The van der Waals surface area contributed by atoms with E-state index in [1.54, 1.807) is 18.7 Å². The van der Waals surface area contributed by atoms with Crippen molar-refractivity contribution in [1.29, 1.82) is 0 Å². The lowest BCUT2D eigenvalue weighted by molar-refractivity contribution is -0.219. The Kier molecular flexibility index (Phi) is 6.30. The Morgan fingerprint density at radius 2 is 1.80 bits per heavy atom. The zero-order valence-electron chi connectivity index (χ0n) is 23.8. The van der Waals surface area contributed by atoms with Crippen LogP contribution in [0.1, 0.15) is 62.8 Å². The highest BCUT2D eigenvalue weighted by Gasteiger charge is 2.52. The summed E-state index contributed by atoms with van der Waals surface area (Å²) in [6.07, 6.45) is -2.43. The number of aryl methyl sites for hydroxylation is 2. The van der Waals surface area contributed by atoms with Crippen LogP contribution < -0.4 is 14.4 Å². The zero-order chi connectivity index (χ0) is 30.3. The molecule has 11 nitrogen and oxygen atoms in total. The SMILES string of the molecule is Cc1nn(C)c2c1S(=O)(=O)NC(=O)c1ccc(-n3ccc(OCC(C)(C)C(F)(F)F)n3)nc1N1C[C@@]2(C)CC1(C)C. The minimum atomic E-state index is -4.45. The molecule has 1 fully saturated rings. The van der Waals surface area contributed by atoms with Crippen LogP contribution in [0.3, 0.4) is 0 Å². The summed E-state index contributed by atoms with van der Waals surface area (Å²) in [6.45, 7) is 9.35. The first-order valence-electron chi connectivity index (χ1n) is 12.9. The summed E-state index contributed by atoms with van der Waals surface area (Å²) in [5.74, 6) is -0.357. The molecule has 2 aliphatic heterocycles. The van der Waals surface area contributed by atoms with Crippen molar-refractivity contribution >= 4 is 21.7 Å². The normalized spacial score (nSPS) is 21.7. The number of anilines is 1. The monoisotopic (exact) mass is 595 g/mol. The van der Waals surface area contributed by atoms with E-state index in [-0.39, 0.29) is 28.0 Å². The first-order valence-corrected chi connectivity index (χ1v) is 14.4. The van der Waals surface area contributed by atoms with Crippen molar-refractivity contribution in [2.45, 2.75) is 70.0 Å². The number of rotatable bonds is 4. The lowest BCUT2D eigenvalue weighted by Gasteiger charge is -2.34. The molecule has 0 saturated carbocycles. The number of sulfonamides is 1. The van der Waals surface area contributed by atoms with Gasteiger partial charge in [0.1, 0.15) is 17.3 Å². The summed E-state index contributed by atoms with van der Waals surface area (Å²) < 4.78 is 77.1. The fourth-order valence-electron chi connectivity index (χ4n) is 5.84. The highest BCUT2D eigenvalue weighted by atomic mass is 32.2. The van der Waals surface area contributed by atoms with Gasteiger partial charge in [-0.25, -0.2) is 22.8 Å². The highest BCUT2D eigenvalue weighted by Crippen LogP contribution is 2.48. The molecule has 0 aromatic carbocycles. The van der Waals surface area contributed by atoms with Gasteiger partial charge in [-0.2, -0.15) is 18.3 Å². The minimum absolute atomic E-state index is 0.000648. The summed E-state index contributed by atoms with van der Waals surface area (Å²) in [6, 6.07) is 4.36. The van der Waals surface area contributed by atoms with Gasteiger partial charge in [0.25, 0.3) is 15.9 Å². The Bertz CT molecular complexity index is 1660. The van der Waals surface area contributed by atoms with Gasteiger partial charge in [-0.1, -0.05) is 6.92 Å². The molecule has 1 atom stereocenters. The van der Waals surface area contributed by atoms with E-state index in [1.807, 2.05) is 25.7 Å². The number of nitrogens with zero attached hydrogens (tertiary/aromatic N) is 6. The van der Waals surface area contributed by atoms with E-state index in [2.05, 4.69) is 14.9 Å². The first kappa shape index (κ1) is 28.9. The molecule has 0 radical (unpaired) electrons. The molecule has 0 spiro atoms. The predicted octanol–water partition coefficient (Wildman–Crippen LogP) is 3.66. The number of ether oxygens (including phenoxy) is 1. The minimum Gasteiger partial charge on any atom is -0.476 e. The van der Waals surface area contributed by atoms with E-state index in [1.165, 1.54) is 29.1 Å². The number of aromatic nitrogens is 5. The third-order valence-electron chi connectivity index (χ3n) is 7.80. The third-order valence-corrected chi connectivity index (χ3v) is 9.28. The number of halogens is 3. The average Bonchev–Trinajstić information content (AvgIpc) is 3.49. The van der Waals surface area contributed by atoms with E-state index in [9.17, 15) is 26.4 Å². The molecular weight excluding hydrogens is 563 g/mol. The fourth-order valence-corrected chi connectivity index (χ4v) is 7.36. The molecular formula is C26H32F3N7O4S. The molecule has 0 aliphatic carbocycles. The second-order valence-corrected chi connectivity index (χ2v) is 13.9. The highest BCUT2D eigenvalue weighted by molar-refractivity contribution is 7.90. The largest absolute Gasteiger partial charge is 0.476 e. The van der Waals surface area contributed by atoms with Crippen LogP contribution in [0.25, 0.3) is 5.82 Å². The topological polar surface area (TPSA) is 124 Å². The predicted molar refractivity (Wildman–Crippen MR) is 143 cm³/mol. The number of nitrogens with one attached hydrogen (secondary N) is 1. The molecule has 2 aliphatic rings. The van der Waals surface area contributed by atoms with Gasteiger partial charge in [0.05, 0.1) is 22.4 Å². The number of fused-ring (bicyclic) bond motifs is 6. The standard InChI is InChI=1S/C26H32F3N7O4S/c1-15-19-20(34(7)31-15)25(6)12-24(4,5)35(13-25)21-16(22(37)33-41(19,38)39)8-9-17(30-21)36-11-10-18(32-36)40-14-23(2,3)26(27,28)29/h8-11H,12-14H2,1-7H3,(H,33,37)/t25-/m1/s1. The number of pyridine rings is 1. The number of amides is 1. The van der Waals surface area contributed by atoms with Crippen molar-refractivity contribution in [3.63, 3.8) is 0 Å². The summed E-state index contributed by atoms with van der Waals surface area (Å²) in [7, 11) is -2.59. The van der Waals surface area contributed by atoms with Crippen LogP contribution in [0.15, 0.2) is 29.3 Å². The van der Waals surface area contributed by atoms with E-state index in [0.29, 0.717) is 24.4 Å². The van der Waals surface area contributed by atoms with E-state index < -0.39 is 45.1 Å². The molecule has 41 heavy (non-hydrogen) atoms. The van der Waals surface area contributed by atoms with Crippen LogP contribution in [0, 0.1) is 12.3 Å². The van der Waals surface area contributed by atoms with E-state index in [0.717, 1.165) is 13.8 Å². The lowest BCUT2D eigenvalue weighted by Crippen LogP contribution is -2.42. The maximum absolute atomic E-state index is 13.5. The second kappa shape index (κ2) is 8.94. The molecule has 5 heterocycles. The van der Waals surface area contributed by atoms with Gasteiger partial charge in [0.15, 0.2) is 5.82 Å². The van der Waals surface area contributed by atoms with E-state index >= 15 is 0 Å². The van der Waals surface area contributed by atoms with Crippen LogP contribution in [0.5, 0.6) is 5.88 Å². The zero-order valence-corrected chi connectivity index (χ0v) is 24.6. The molecule has 5 rings (SSSR count). The Hall–Kier alpha value is -3.62. The van der Waals surface area contributed by atoms with Gasteiger partial charge >= 0.3 is 6.18 Å². The van der Waals surface area contributed by atoms with Crippen LogP contribution in [0.4, 0.5) is 19.0 Å². The molecule has 1 N–H and O–H groups in total. The maximum Gasteiger partial charge on any atom is 0.397 e. The number of alkyl halides is 3. The maximum atomic E-state index is 13.5. The van der Waals surface area contributed by atoms with Gasteiger partial charge in [-0.15, -0.1) is 5.10 Å². The Labute approximate surface area is 235 Å².